The lowest BCUT2D eigenvalue weighted by atomic mass is 10.1. The molecule has 0 amide bonds. The summed E-state index contributed by atoms with van der Waals surface area (Å²) in [6, 6.07) is 12.1. The van der Waals surface area contributed by atoms with Crippen LogP contribution in [0.3, 0.4) is 0 Å². The summed E-state index contributed by atoms with van der Waals surface area (Å²) in [5.74, 6) is 0.857. The van der Waals surface area contributed by atoms with E-state index in [0.29, 0.717) is 12.1 Å². The predicted molar refractivity (Wildman–Crippen MR) is 81.9 cm³/mol. The Labute approximate surface area is 125 Å². The molecule has 0 atom stereocenters. The molecule has 1 aromatic heterocycles. The molecule has 0 unspecified atom stereocenters. The van der Waals surface area contributed by atoms with Gasteiger partial charge < -0.3 is 10.1 Å². The molecule has 0 aliphatic rings. The summed E-state index contributed by atoms with van der Waals surface area (Å²) >= 11 is 0. The van der Waals surface area contributed by atoms with Crippen LogP contribution in [0.15, 0.2) is 36.5 Å². The third kappa shape index (κ3) is 4.04. The predicted octanol–water partition coefficient (Wildman–Crippen LogP) is 2.81. The number of pyridine rings is 1. The van der Waals surface area contributed by atoms with E-state index in [2.05, 4.69) is 22.4 Å². The van der Waals surface area contributed by atoms with Crippen molar-refractivity contribution in [3.05, 3.63) is 58.9 Å². The Kier molecular flexibility index (Phi) is 5.30. The molecular formula is C17H19N3O. The van der Waals surface area contributed by atoms with Crippen molar-refractivity contribution >= 4 is 0 Å². The monoisotopic (exact) mass is 281 g/mol. The van der Waals surface area contributed by atoms with Crippen molar-refractivity contribution in [2.75, 3.05) is 7.11 Å². The van der Waals surface area contributed by atoms with Crippen LogP contribution in [0.25, 0.3) is 0 Å². The molecule has 2 rings (SSSR count). The number of nitriles is 1. The second-order valence-electron chi connectivity index (χ2n) is 4.76. The van der Waals surface area contributed by atoms with E-state index in [9.17, 15) is 0 Å². The Morgan fingerprint density at radius 1 is 1.24 bits per heavy atom. The highest BCUT2D eigenvalue weighted by Gasteiger charge is 2.03. The number of ether oxygens (including phenoxy) is 1. The number of hydrogen-bond acceptors (Lipinski definition) is 4. The molecule has 0 aliphatic carbocycles. The molecule has 0 aliphatic heterocycles. The van der Waals surface area contributed by atoms with Crippen molar-refractivity contribution in [1.29, 1.82) is 5.26 Å². The van der Waals surface area contributed by atoms with E-state index in [1.54, 1.807) is 7.11 Å². The summed E-state index contributed by atoms with van der Waals surface area (Å²) in [5, 5.41) is 12.5. The highest BCUT2D eigenvalue weighted by Crippen LogP contribution is 2.13. The number of rotatable bonds is 6. The Hall–Kier alpha value is -2.38. The zero-order valence-electron chi connectivity index (χ0n) is 12.4. The van der Waals surface area contributed by atoms with Gasteiger partial charge in [0.25, 0.3) is 0 Å². The minimum Gasteiger partial charge on any atom is -0.497 e. The van der Waals surface area contributed by atoms with Gasteiger partial charge in [-0.1, -0.05) is 19.1 Å². The van der Waals surface area contributed by atoms with E-state index >= 15 is 0 Å². The standard InChI is InChI=1S/C17H19N3O/c1-3-17-15(9-18)7-14(12-20-17)11-19-10-13-5-4-6-16(8-13)21-2/h4-8,12,19H,3,10-11H2,1-2H3. The summed E-state index contributed by atoms with van der Waals surface area (Å²) in [6.07, 6.45) is 2.61. The van der Waals surface area contributed by atoms with E-state index in [1.165, 1.54) is 0 Å². The first-order valence-electron chi connectivity index (χ1n) is 6.98. The number of nitrogens with zero attached hydrogens (tertiary/aromatic N) is 2. The second kappa shape index (κ2) is 7.41. The number of aromatic nitrogens is 1. The van der Waals surface area contributed by atoms with Crippen LogP contribution in [-0.2, 0) is 19.5 Å². The van der Waals surface area contributed by atoms with Crippen molar-refractivity contribution < 1.29 is 4.74 Å². The molecule has 1 heterocycles. The van der Waals surface area contributed by atoms with Gasteiger partial charge in [0.05, 0.1) is 18.4 Å². The zero-order valence-corrected chi connectivity index (χ0v) is 12.4. The zero-order chi connectivity index (χ0) is 15.1. The third-order valence-corrected chi connectivity index (χ3v) is 3.27. The molecule has 1 aromatic carbocycles. The molecule has 0 bridgehead atoms. The van der Waals surface area contributed by atoms with Gasteiger partial charge >= 0.3 is 0 Å². The maximum absolute atomic E-state index is 9.11. The summed E-state index contributed by atoms with van der Waals surface area (Å²) in [4.78, 5) is 4.34. The number of methoxy groups -OCH3 is 1. The lowest BCUT2D eigenvalue weighted by molar-refractivity contribution is 0.414. The van der Waals surface area contributed by atoms with Crippen molar-refractivity contribution in [1.82, 2.24) is 10.3 Å². The van der Waals surface area contributed by atoms with Crippen LogP contribution in [0.1, 0.15) is 29.3 Å². The van der Waals surface area contributed by atoms with Gasteiger partial charge in [-0.2, -0.15) is 5.26 Å². The van der Waals surface area contributed by atoms with Gasteiger partial charge in [0.2, 0.25) is 0 Å². The van der Waals surface area contributed by atoms with E-state index in [1.807, 2.05) is 37.4 Å². The van der Waals surface area contributed by atoms with Crippen LogP contribution in [0.4, 0.5) is 0 Å². The Morgan fingerprint density at radius 3 is 2.76 bits per heavy atom. The average Bonchev–Trinajstić information content (AvgIpc) is 2.55. The van der Waals surface area contributed by atoms with Crippen molar-refractivity contribution in [3.8, 4) is 11.8 Å². The average molecular weight is 281 g/mol. The molecule has 21 heavy (non-hydrogen) atoms. The number of hydrogen-bond donors (Lipinski definition) is 1. The van der Waals surface area contributed by atoms with E-state index in [0.717, 1.165) is 35.5 Å². The van der Waals surface area contributed by atoms with E-state index in [4.69, 9.17) is 10.00 Å². The van der Waals surface area contributed by atoms with Gasteiger partial charge in [0, 0.05) is 19.3 Å². The topological polar surface area (TPSA) is 57.9 Å². The van der Waals surface area contributed by atoms with Crippen LogP contribution in [0.5, 0.6) is 5.75 Å². The minimum atomic E-state index is 0.665. The highest BCUT2D eigenvalue weighted by molar-refractivity contribution is 5.36. The third-order valence-electron chi connectivity index (χ3n) is 3.27. The molecule has 4 heteroatoms. The Bertz CT molecular complexity index is 647. The first-order chi connectivity index (χ1) is 10.3. The Morgan fingerprint density at radius 2 is 2.05 bits per heavy atom. The molecule has 4 nitrogen and oxygen atoms in total. The number of nitrogens with one attached hydrogen (secondary N) is 1. The first kappa shape index (κ1) is 15.0. The van der Waals surface area contributed by atoms with E-state index < -0.39 is 0 Å². The highest BCUT2D eigenvalue weighted by atomic mass is 16.5. The second-order valence-corrected chi connectivity index (χ2v) is 4.76. The molecule has 0 fully saturated rings. The van der Waals surface area contributed by atoms with Gasteiger partial charge in [-0.3, -0.25) is 4.98 Å². The normalized spacial score (nSPS) is 10.1. The fourth-order valence-corrected chi connectivity index (χ4v) is 2.15. The lowest BCUT2D eigenvalue weighted by Crippen LogP contribution is -2.13. The molecule has 108 valence electrons. The molecule has 0 radical (unpaired) electrons. The molecular weight excluding hydrogens is 262 g/mol. The largest absolute Gasteiger partial charge is 0.497 e. The smallest absolute Gasteiger partial charge is 0.119 e. The molecule has 1 N–H and O–H groups in total. The quantitative estimate of drug-likeness (QED) is 0.884. The van der Waals surface area contributed by atoms with Crippen LogP contribution in [-0.4, -0.2) is 12.1 Å². The SMILES string of the molecule is CCc1ncc(CNCc2cccc(OC)c2)cc1C#N. The summed E-state index contributed by atoms with van der Waals surface area (Å²) in [5.41, 5.74) is 3.70. The van der Waals surface area contributed by atoms with E-state index in [-0.39, 0.29) is 0 Å². The van der Waals surface area contributed by atoms with Gasteiger partial charge in [0.15, 0.2) is 0 Å². The number of benzene rings is 1. The molecule has 0 saturated carbocycles. The van der Waals surface area contributed by atoms with Gasteiger partial charge in [-0.05, 0) is 35.7 Å². The fraction of sp³-hybridized carbons (Fsp3) is 0.294. The van der Waals surface area contributed by atoms with Gasteiger partial charge in [-0.25, -0.2) is 0 Å². The number of aryl methyl sites for hydroxylation is 1. The van der Waals surface area contributed by atoms with Crippen molar-refractivity contribution in [3.63, 3.8) is 0 Å². The van der Waals surface area contributed by atoms with Crippen molar-refractivity contribution in [2.45, 2.75) is 26.4 Å². The first-order valence-corrected chi connectivity index (χ1v) is 6.98. The Balaban J connectivity index is 1.95. The van der Waals surface area contributed by atoms with Gasteiger partial charge in [0.1, 0.15) is 11.8 Å². The summed E-state index contributed by atoms with van der Waals surface area (Å²) in [6.45, 7) is 3.43. The van der Waals surface area contributed by atoms with Crippen molar-refractivity contribution in [2.24, 2.45) is 0 Å². The molecule has 0 spiro atoms. The lowest BCUT2D eigenvalue weighted by Gasteiger charge is -2.08. The van der Waals surface area contributed by atoms with Crippen LogP contribution < -0.4 is 10.1 Å². The van der Waals surface area contributed by atoms with Crippen LogP contribution in [0.2, 0.25) is 0 Å². The van der Waals surface area contributed by atoms with Gasteiger partial charge in [-0.15, -0.1) is 0 Å². The maximum atomic E-state index is 9.11. The summed E-state index contributed by atoms with van der Waals surface area (Å²) in [7, 11) is 1.66. The minimum absolute atomic E-state index is 0.665. The van der Waals surface area contributed by atoms with Crippen LogP contribution in [0, 0.1) is 11.3 Å². The fourth-order valence-electron chi connectivity index (χ4n) is 2.15. The maximum Gasteiger partial charge on any atom is 0.119 e. The summed E-state index contributed by atoms with van der Waals surface area (Å²) < 4.78 is 5.20. The van der Waals surface area contributed by atoms with Crippen LogP contribution >= 0.6 is 0 Å². The molecule has 0 saturated heterocycles. The molecule has 2 aromatic rings.